The first kappa shape index (κ1) is 8.48. The lowest BCUT2D eigenvalue weighted by Crippen LogP contribution is -2.51. The highest BCUT2D eigenvalue weighted by molar-refractivity contribution is 5.12. The molecule has 0 bridgehead atoms. The minimum absolute atomic E-state index is 0.299. The topological polar surface area (TPSA) is 38.7 Å². The number of rotatable bonds is 0. The van der Waals surface area contributed by atoms with E-state index in [1.54, 1.807) is 0 Å². The summed E-state index contributed by atoms with van der Waals surface area (Å²) in [6, 6.07) is 0. The van der Waals surface area contributed by atoms with Crippen LogP contribution in [0.15, 0.2) is 0 Å². The van der Waals surface area contributed by atoms with E-state index in [1.807, 2.05) is 13.8 Å². The minimum Gasteiger partial charge on any atom is -0.388 e. The van der Waals surface area contributed by atoms with E-state index in [0.29, 0.717) is 19.1 Å². The van der Waals surface area contributed by atoms with Crippen molar-refractivity contribution in [2.75, 3.05) is 13.2 Å². The predicted octanol–water partition coefficient (Wildman–Crippen LogP) is 0.561. The molecule has 2 fully saturated rings. The fourth-order valence-corrected chi connectivity index (χ4v) is 2.21. The van der Waals surface area contributed by atoms with Crippen LogP contribution in [0.2, 0.25) is 0 Å². The zero-order chi connectivity index (χ0) is 8.98. The molecule has 70 valence electrons. The minimum atomic E-state index is -0.494. The van der Waals surface area contributed by atoms with Crippen LogP contribution in [-0.4, -0.2) is 35.6 Å². The van der Waals surface area contributed by atoms with Crippen molar-refractivity contribution in [3.63, 3.8) is 0 Å². The molecule has 0 aliphatic carbocycles. The Bertz CT molecular complexity index is 184. The summed E-state index contributed by atoms with van der Waals surface area (Å²) in [5.41, 5.74) is -0.793. The Morgan fingerprint density at radius 1 is 1.17 bits per heavy atom. The SMILES string of the molecule is C[C@@H]1CO[C@]2(C)[C@H](O)CO[C@]12C. The van der Waals surface area contributed by atoms with Crippen LogP contribution < -0.4 is 0 Å². The summed E-state index contributed by atoms with van der Waals surface area (Å²) in [7, 11) is 0. The van der Waals surface area contributed by atoms with E-state index in [9.17, 15) is 5.11 Å². The molecule has 0 radical (unpaired) electrons. The number of aliphatic hydroxyl groups is 1. The summed E-state index contributed by atoms with van der Waals surface area (Å²) in [4.78, 5) is 0. The number of hydrogen-bond acceptors (Lipinski definition) is 3. The average Bonchev–Trinajstić information content (AvgIpc) is 2.39. The Hall–Kier alpha value is -0.120. The van der Waals surface area contributed by atoms with Gasteiger partial charge in [0.25, 0.3) is 0 Å². The highest BCUT2D eigenvalue weighted by Crippen LogP contribution is 2.48. The van der Waals surface area contributed by atoms with Gasteiger partial charge >= 0.3 is 0 Å². The van der Waals surface area contributed by atoms with Crippen LogP contribution in [0.4, 0.5) is 0 Å². The van der Waals surface area contributed by atoms with Gasteiger partial charge in [0.2, 0.25) is 0 Å². The van der Waals surface area contributed by atoms with Gasteiger partial charge in [-0.15, -0.1) is 0 Å². The molecule has 0 aromatic carbocycles. The van der Waals surface area contributed by atoms with Gasteiger partial charge in [-0.1, -0.05) is 6.92 Å². The van der Waals surface area contributed by atoms with Gasteiger partial charge in [-0.3, -0.25) is 0 Å². The van der Waals surface area contributed by atoms with Crippen molar-refractivity contribution in [1.82, 2.24) is 0 Å². The monoisotopic (exact) mass is 172 g/mol. The van der Waals surface area contributed by atoms with Crippen LogP contribution in [-0.2, 0) is 9.47 Å². The second-order valence-corrected chi connectivity index (χ2v) is 4.25. The quantitative estimate of drug-likeness (QED) is 0.580. The lowest BCUT2D eigenvalue weighted by Gasteiger charge is -2.34. The summed E-state index contributed by atoms with van der Waals surface area (Å²) in [6.45, 7) is 7.15. The largest absolute Gasteiger partial charge is 0.388 e. The van der Waals surface area contributed by atoms with Crippen molar-refractivity contribution in [3.05, 3.63) is 0 Å². The number of fused-ring (bicyclic) bond motifs is 1. The van der Waals surface area contributed by atoms with E-state index in [-0.39, 0.29) is 5.60 Å². The third-order valence-electron chi connectivity index (χ3n) is 3.74. The van der Waals surface area contributed by atoms with Gasteiger partial charge in [-0.2, -0.15) is 0 Å². The summed E-state index contributed by atoms with van der Waals surface area (Å²) in [6.07, 6.45) is -0.479. The Balaban J connectivity index is 2.37. The summed E-state index contributed by atoms with van der Waals surface area (Å²) in [5, 5.41) is 9.69. The summed E-state index contributed by atoms with van der Waals surface area (Å²) in [5.74, 6) is 0.361. The second kappa shape index (κ2) is 2.22. The van der Waals surface area contributed by atoms with E-state index in [4.69, 9.17) is 9.47 Å². The van der Waals surface area contributed by atoms with Crippen molar-refractivity contribution in [2.45, 2.75) is 38.1 Å². The Kier molecular flexibility index (Phi) is 1.57. The molecular formula is C9H16O3. The van der Waals surface area contributed by atoms with Crippen molar-refractivity contribution in [2.24, 2.45) is 5.92 Å². The highest BCUT2D eigenvalue weighted by atomic mass is 16.6. The molecule has 3 heteroatoms. The lowest BCUT2D eigenvalue weighted by molar-refractivity contribution is -0.0973. The molecule has 0 spiro atoms. The Labute approximate surface area is 72.7 Å². The van der Waals surface area contributed by atoms with Crippen molar-refractivity contribution in [3.8, 4) is 0 Å². The van der Waals surface area contributed by atoms with Crippen LogP contribution in [0.25, 0.3) is 0 Å². The van der Waals surface area contributed by atoms with Gasteiger partial charge < -0.3 is 14.6 Å². The maximum absolute atomic E-state index is 9.69. The predicted molar refractivity (Wildman–Crippen MR) is 43.9 cm³/mol. The van der Waals surface area contributed by atoms with Crippen molar-refractivity contribution < 1.29 is 14.6 Å². The first-order valence-corrected chi connectivity index (χ1v) is 4.46. The zero-order valence-corrected chi connectivity index (χ0v) is 7.83. The normalized spacial score (nSPS) is 59.0. The molecule has 0 saturated carbocycles. The van der Waals surface area contributed by atoms with Crippen molar-refractivity contribution in [1.29, 1.82) is 0 Å². The zero-order valence-electron chi connectivity index (χ0n) is 7.83. The first-order chi connectivity index (χ1) is 5.51. The smallest absolute Gasteiger partial charge is 0.122 e. The average molecular weight is 172 g/mol. The Morgan fingerprint density at radius 3 is 2.33 bits per heavy atom. The fraction of sp³-hybridized carbons (Fsp3) is 1.00. The molecule has 4 atom stereocenters. The van der Waals surface area contributed by atoms with Gasteiger partial charge in [0.05, 0.1) is 13.2 Å². The third kappa shape index (κ3) is 0.721. The van der Waals surface area contributed by atoms with Gasteiger partial charge in [0.15, 0.2) is 0 Å². The van der Waals surface area contributed by atoms with Gasteiger partial charge in [-0.05, 0) is 13.8 Å². The van der Waals surface area contributed by atoms with Gasteiger partial charge in [0, 0.05) is 5.92 Å². The molecule has 2 rings (SSSR count). The number of ether oxygens (including phenoxy) is 2. The molecular weight excluding hydrogens is 156 g/mol. The lowest BCUT2D eigenvalue weighted by atomic mass is 9.79. The summed E-state index contributed by atoms with van der Waals surface area (Å²) < 4.78 is 11.2. The van der Waals surface area contributed by atoms with Gasteiger partial charge in [0.1, 0.15) is 17.3 Å². The van der Waals surface area contributed by atoms with Crippen LogP contribution in [0.3, 0.4) is 0 Å². The molecule has 1 N–H and O–H groups in total. The van der Waals surface area contributed by atoms with Crippen LogP contribution in [0, 0.1) is 5.92 Å². The van der Waals surface area contributed by atoms with Crippen LogP contribution >= 0.6 is 0 Å². The molecule has 0 aromatic heterocycles. The molecule has 2 saturated heterocycles. The van der Waals surface area contributed by atoms with Crippen LogP contribution in [0.5, 0.6) is 0 Å². The first-order valence-electron chi connectivity index (χ1n) is 4.46. The number of hydrogen-bond donors (Lipinski definition) is 1. The maximum Gasteiger partial charge on any atom is 0.122 e. The molecule has 0 aromatic rings. The molecule has 2 aliphatic heterocycles. The molecule has 3 nitrogen and oxygen atoms in total. The third-order valence-corrected chi connectivity index (χ3v) is 3.74. The number of aliphatic hydroxyl groups excluding tert-OH is 1. The van der Waals surface area contributed by atoms with E-state index < -0.39 is 11.7 Å². The van der Waals surface area contributed by atoms with Crippen molar-refractivity contribution >= 4 is 0 Å². The maximum atomic E-state index is 9.69. The molecule has 2 aliphatic rings. The molecule has 2 heterocycles. The van der Waals surface area contributed by atoms with E-state index in [2.05, 4.69) is 6.92 Å². The standard InChI is InChI=1S/C9H16O3/c1-6-4-11-9(3)7(10)5-12-8(6,9)2/h6-7,10H,4-5H2,1-3H3/t6-,7-,8-,9-/m1/s1. The van der Waals surface area contributed by atoms with Crippen LogP contribution in [0.1, 0.15) is 20.8 Å². The Morgan fingerprint density at radius 2 is 1.75 bits per heavy atom. The second-order valence-electron chi connectivity index (χ2n) is 4.25. The van der Waals surface area contributed by atoms with E-state index in [1.165, 1.54) is 0 Å². The molecule has 0 amide bonds. The molecule has 0 unspecified atom stereocenters. The fourth-order valence-electron chi connectivity index (χ4n) is 2.21. The van der Waals surface area contributed by atoms with E-state index in [0.717, 1.165) is 0 Å². The highest BCUT2D eigenvalue weighted by Gasteiger charge is 2.63. The van der Waals surface area contributed by atoms with Gasteiger partial charge in [-0.25, -0.2) is 0 Å². The molecule has 12 heavy (non-hydrogen) atoms. The summed E-state index contributed by atoms with van der Waals surface area (Å²) >= 11 is 0. The van der Waals surface area contributed by atoms with E-state index >= 15 is 0 Å².